The average Bonchev–Trinajstić information content (AvgIpc) is 3.33. The first-order valence-corrected chi connectivity index (χ1v) is 11.3. The summed E-state index contributed by atoms with van der Waals surface area (Å²) in [5.41, 5.74) is 3.14. The zero-order chi connectivity index (χ0) is 22.3. The van der Waals surface area contributed by atoms with E-state index >= 15 is 0 Å². The average molecular weight is 435 g/mol. The number of ether oxygens (including phenoxy) is 1. The molecule has 0 unspecified atom stereocenters. The summed E-state index contributed by atoms with van der Waals surface area (Å²) in [5, 5.41) is 6.88. The molecule has 1 N–H and O–H groups in total. The Labute approximate surface area is 188 Å². The third-order valence-corrected chi connectivity index (χ3v) is 5.58. The molecule has 0 radical (unpaired) electrons. The van der Waals surface area contributed by atoms with Crippen molar-refractivity contribution in [3.63, 3.8) is 0 Å². The van der Waals surface area contributed by atoms with Crippen LogP contribution in [0.25, 0.3) is 11.5 Å². The van der Waals surface area contributed by atoms with Crippen LogP contribution in [0.5, 0.6) is 5.75 Å². The first kappa shape index (κ1) is 21.9. The summed E-state index contributed by atoms with van der Waals surface area (Å²) in [7, 11) is 0. The summed E-state index contributed by atoms with van der Waals surface area (Å²) in [6, 6.07) is 15.7. The zero-order valence-corrected chi connectivity index (χ0v) is 18.7. The summed E-state index contributed by atoms with van der Waals surface area (Å²) >= 11 is 0. The molecule has 7 nitrogen and oxygen atoms in total. The second-order valence-electron chi connectivity index (χ2n) is 8.42. The number of aromatic nitrogens is 2. The molecule has 7 heteroatoms. The molecule has 32 heavy (non-hydrogen) atoms. The Morgan fingerprint density at radius 2 is 1.78 bits per heavy atom. The fourth-order valence-corrected chi connectivity index (χ4v) is 3.66. The Balaban J connectivity index is 1.22. The SMILES string of the molecule is CC(C)c1noc(-c2ccc(OCC(=O)NCc3ccc(N4CCCCC4)cc3)cc2)n1. The molecule has 0 saturated carbocycles. The van der Waals surface area contributed by atoms with Crippen molar-refractivity contribution < 1.29 is 14.1 Å². The Morgan fingerprint density at radius 1 is 1.06 bits per heavy atom. The normalized spacial score (nSPS) is 13.9. The Hall–Kier alpha value is -3.35. The number of hydrogen-bond donors (Lipinski definition) is 1. The molecule has 1 aromatic heterocycles. The molecule has 2 aromatic carbocycles. The quantitative estimate of drug-likeness (QED) is 0.560. The van der Waals surface area contributed by atoms with Crippen LogP contribution in [0, 0.1) is 0 Å². The Kier molecular flexibility index (Phi) is 7.04. The van der Waals surface area contributed by atoms with Crippen LogP contribution in [0.15, 0.2) is 53.1 Å². The third kappa shape index (κ3) is 5.66. The molecule has 1 aliphatic rings. The lowest BCUT2D eigenvalue weighted by atomic mass is 10.1. The zero-order valence-electron chi connectivity index (χ0n) is 18.7. The van der Waals surface area contributed by atoms with E-state index in [1.165, 1.54) is 24.9 Å². The number of anilines is 1. The van der Waals surface area contributed by atoms with Crippen molar-refractivity contribution in [2.75, 3.05) is 24.6 Å². The number of carbonyl (C=O) groups is 1. The molecule has 1 fully saturated rings. The minimum Gasteiger partial charge on any atom is -0.484 e. The number of hydrogen-bond acceptors (Lipinski definition) is 6. The molecule has 0 spiro atoms. The van der Waals surface area contributed by atoms with Crippen LogP contribution in [-0.4, -0.2) is 35.7 Å². The lowest BCUT2D eigenvalue weighted by molar-refractivity contribution is -0.123. The van der Waals surface area contributed by atoms with Gasteiger partial charge in [-0.1, -0.05) is 31.1 Å². The molecule has 0 aliphatic carbocycles. The molecular weight excluding hydrogens is 404 g/mol. The monoisotopic (exact) mass is 434 g/mol. The Bertz CT molecular complexity index is 1010. The maximum atomic E-state index is 12.2. The van der Waals surface area contributed by atoms with Gasteiger partial charge in [0.05, 0.1) is 0 Å². The highest BCUT2D eigenvalue weighted by Gasteiger charge is 2.12. The van der Waals surface area contributed by atoms with Gasteiger partial charge in [-0.3, -0.25) is 4.79 Å². The van der Waals surface area contributed by atoms with E-state index in [0.717, 1.165) is 24.2 Å². The molecule has 1 amide bonds. The first-order valence-electron chi connectivity index (χ1n) is 11.3. The molecule has 0 bridgehead atoms. The van der Waals surface area contributed by atoms with Gasteiger partial charge in [-0.25, -0.2) is 0 Å². The van der Waals surface area contributed by atoms with Crippen molar-refractivity contribution >= 4 is 11.6 Å². The van der Waals surface area contributed by atoms with E-state index in [-0.39, 0.29) is 18.4 Å². The maximum absolute atomic E-state index is 12.2. The van der Waals surface area contributed by atoms with Gasteiger partial charge in [-0.2, -0.15) is 4.98 Å². The second-order valence-corrected chi connectivity index (χ2v) is 8.42. The van der Waals surface area contributed by atoms with Crippen molar-refractivity contribution in [1.82, 2.24) is 15.5 Å². The van der Waals surface area contributed by atoms with Gasteiger partial charge in [0.2, 0.25) is 0 Å². The molecule has 1 saturated heterocycles. The number of nitrogens with one attached hydrogen (secondary N) is 1. The highest BCUT2D eigenvalue weighted by atomic mass is 16.5. The summed E-state index contributed by atoms with van der Waals surface area (Å²) < 4.78 is 10.9. The topological polar surface area (TPSA) is 80.5 Å². The smallest absolute Gasteiger partial charge is 0.258 e. The molecule has 168 valence electrons. The predicted molar refractivity (Wildman–Crippen MR) is 124 cm³/mol. The Morgan fingerprint density at radius 3 is 2.44 bits per heavy atom. The highest BCUT2D eigenvalue weighted by molar-refractivity contribution is 5.77. The van der Waals surface area contributed by atoms with Gasteiger partial charge in [0.25, 0.3) is 11.8 Å². The first-order chi connectivity index (χ1) is 15.6. The fourth-order valence-electron chi connectivity index (χ4n) is 3.66. The predicted octanol–water partition coefficient (Wildman–Crippen LogP) is 4.55. The van der Waals surface area contributed by atoms with Crippen molar-refractivity contribution in [2.24, 2.45) is 0 Å². The maximum Gasteiger partial charge on any atom is 0.258 e. The van der Waals surface area contributed by atoms with Crippen LogP contribution in [0.4, 0.5) is 5.69 Å². The van der Waals surface area contributed by atoms with Crippen LogP contribution >= 0.6 is 0 Å². The molecular formula is C25H30N4O3. The van der Waals surface area contributed by atoms with Gasteiger partial charge < -0.3 is 19.5 Å². The van der Waals surface area contributed by atoms with E-state index in [2.05, 4.69) is 44.6 Å². The lowest BCUT2D eigenvalue weighted by Gasteiger charge is -2.28. The summed E-state index contributed by atoms with van der Waals surface area (Å²) in [5.74, 6) is 1.81. The van der Waals surface area contributed by atoms with Crippen LogP contribution in [-0.2, 0) is 11.3 Å². The number of amides is 1. The number of carbonyl (C=O) groups excluding carboxylic acids is 1. The highest BCUT2D eigenvalue weighted by Crippen LogP contribution is 2.23. The lowest BCUT2D eigenvalue weighted by Crippen LogP contribution is -2.29. The van der Waals surface area contributed by atoms with Gasteiger partial charge in [0.1, 0.15) is 5.75 Å². The number of nitrogens with zero attached hydrogens (tertiary/aromatic N) is 3. The van der Waals surface area contributed by atoms with E-state index < -0.39 is 0 Å². The van der Waals surface area contributed by atoms with Crippen LogP contribution in [0.1, 0.15) is 50.4 Å². The number of rotatable bonds is 8. The van der Waals surface area contributed by atoms with Crippen LogP contribution in [0.2, 0.25) is 0 Å². The van der Waals surface area contributed by atoms with Crippen molar-refractivity contribution in [3.05, 3.63) is 59.9 Å². The molecule has 2 heterocycles. The standard InChI is InChI=1S/C25H30N4O3/c1-18(2)24-27-25(32-28-24)20-8-12-22(13-9-20)31-17-23(30)26-16-19-6-10-21(11-7-19)29-14-4-3-5-15-29/h6-13,18H,3-5,14-17H2,1-2H3,(H,26,30). The van der Waals surface area contributed by atoms with Crippen LogP contribution < -0.4 is 15.0 Å². The van der Waals surface area contributed by atoms with Gasteiger partial charge in [0, 0.05) is 36.8 Å². The van der Waals surface area contributed by atoms with E-state index in [1.54, 1.807) is 12.1 Å². The third-order valence-electron chi connectivity index (χ3n) is 5.58. The largest absolute Gasteiger partial charge is 0.484 e. The second kappa shape index (κ2) is 10.3. The van der Waals surface area contributed by atoms with E-state index in [1.807, 2.05) is 26.0 Å². The summed E-state index contributed by atoms with van der Waals surface area (Å²) in [4.78, 5) is 19.0. The van der Waals surface area contributed by atoms with Gasteiger partial charge in [-0.05, 0) is 61.2 Å². The van der Waals surface area contributed by atoms with Crippen molar-refractivity contribution in [3.8, 4) is 17.2 Å². The number of piperidine rings is 1. The van der Waals surface area contributed by atoms with Crippen molar-refractivity contribution in [2.45, 2.75) is 45.6 Å². The van der Waals surface area contributed by atoms with E-state index in [0.29, 0.717) is 24.0 Å². The molecule has 4 rings (SSSR count). The van der Waals surface area contributed by atoms with Gasteiger partial charge in [0.15, 0.2) is 12.4 Å². The molecule has 3 aromatic rings. The molecule has 0 atom stereocenters. The van der Waals surface area contributed by atoms with Gasteiger partial charge in [-0.15, -0.1) is 0 Å². The van der Waals surface area contributed by atoms with E-state index in [4.69, 9.17) is 9.26 Å². The minimum absolute atomic E-state index is 0.0384. The fraction of sp³-hybridized carbons (Fsp3) is 0.400. The van der Waals surface area contributed by atoms with Gasteiger partial charge >= 0.3 is 0 Å². The summed E-state index contributed by atoms with van der Waals surface area (Å²) in [6.07, 6.45) is 3.84. The minimum atomic E-state index is -0.160. The van der Waals surface area contributed by atoms with Crippen molar-refractivity contribution in [1.29, 1.82) is 0 Å². The number of benzene rings is 2. The summed E-state index contributed by atoms with van der Waals surface area (Å²) in [6.45, 7) is 6.73. The van der Waals surface area contributed by atoms with Crippen LogP contribution in [0.3, 0.4) is 0 Å². The molecule has 1 aliphatic heterocycles. The van der Waals surface area contributed by atoms with E-state index in [9.17, 15) is 4.79 Å².